The average Bonchev–Trinajstić information content (AvgIpc) is 3.03. The number of carbonyl (C=O) groups is 1. The van der Waals surface area contributed by atoms with Crippen molar-refractivity contribution in [2.24, 2.45) is 0 Å². The lowest BCUT2D eigenvalue weighted by Gasteiger charge is -2.16. The van der Waals surface area contributed by atoms with Crippen molar-refractivity contribution in [3.05, 3.63) is 0 Å². The monoisotopic (exact) mass is 297 g/mol. The second-order valence-electron chi connectivity index (χ2n) is 6.40. The lowest BCUT2D eigenvalue weighted by molar-refractivity contribution is -0.123. The predicted octanol–water partition coefficient (Wildman–Crippen LogP) is 0.515. The molecule has 0 aromatic heterocycles. The van der Waals surface area contributed by atoms with E-state index >= 15 is 0 Å². The quantitative estimate of drug-likeness (QED) is 0.609. The minimum Gasteiger partial charge on any atom is -0.352 e. The third-order valence-corrected chi connectivity index (χ3v) is 4.25. The van der Waals surface area contributed by atoms with Gasteiger partial charge < -0.3 is 10.6 Å². The van der Waals surface area contributed by atoms with Gasteiger partial charge in [0, 0.05) is 24.7 Å². The molecular formula is C15H31N5O. The van der Waals surface area contributed by atoms with Crippen molar-refractivity contribution in [1.82, 2.24) is 26.6 Å². The van der Waals surface area contributed by atoms with Crippen molar-refractivity contribution in [3.63, 3.8) is 0 Å². The lowest BCUT2D eigenvalue weighted by atomic mass is 10.2. The van der Waals surface area contributed by atoms with Crippen molar-refractivity contribution in [2.45, 2.75) is 76.5 Å². The van der Waals surface area contributed by atoms with E-state index in [9.17, 15) is 4.79 Å². The number of rotatable bonds is 4. The molecule has 0 aromatic carbocycles. The maximum Gasteiger partial charge on any atom is 0.240 e. The van der Waals surface area contributed by atoms with Gasteiger partial charge in [-0.3, -0.25) is 4.79 Å². The van der Waals surface area contributed by atoms with E-state index < -0.39 is 0 Å². The smallest absolute Gasteiger partial charge is 0.240 e. The Labute approximate surface area is 128 Å². The molecule has 0 aromatic rings. The summed E-state index contributed by atoms with van der Waals surface area (Å²) in [5, 5.41) is 8.58. The SMILES string of the molecule is CCC.CNC1CCC(NC(=O)C2CN(C3CC3)NN2)C1. The van der Waals surface area contributed by atoms with Crippen LogP contribution >= 0.6 is 0 Å². The lowest BCUT2D eigenvalue weighted by Crippen LogP contribution is -2.47. The molecule has 1 saturated heterocycles. The van der Waals surface area contributed by atoms with E-state index in [0.29, 0.717) is 18.1 Å². The fourth-order valence-electron chi connectivity index (χ4n) is 2.90. The van der Waals surface area contributed by atoms with Crippen LogP contribution in [0.1, 0.15) is 52.4 Å². The summed E-state index contributed by atoms with van der Waals surface area (Å²) in [6.07, 6.45) is 7.04. The summed E-state index contributed by atoms with van der Waals surface area (Å²) in [5.41, 5.74) is 6.18. The molecule has 122 valence electrons. The van der Waals surface area contributed by atoms with Gasteiger partial charge in [0.05, 0.1) is 0 Å². The number of hydrogen-bond acceptors (Lipinski definition) is 5. The Morgan fingerprint density at radius 1 is 1.19 bits per heavy atom. The average molecular weight is 297 g/mol. The van der Waals surface area contributed by atoms with Crippen molar-refractivity contribution in [2.75, 3.05) is 13.6 Å². The van der Waals surface area contributed by atoms with Crippen molar-refractivity contribution in [1.29, 1.82) is 0 Å². The van der Waals surface area contributed by atoms with Crippen LogP contribution in [0.5, 0.6) is 0 Å². The first-order valence-electron chi connectivity index (χ1n) is 8.43. The van der Waals surface area contributed by atoms with Gasteiger partial charge in [-0.2, -0.15) is 5.53 Å². The van der Waals surface area contributed by atoms with Gasteiger partial charge in [-0.1, -0.05) is 20.3 Å². The topological polar surface area (TPSA) is 68.4 Å². The molecule has 4 N–H and O–H groups in total. The van der Waals surface area contributed by atoms with Crippen LogP contribution in [0, 0.1) is 0 Å². The number of carbonyl (C=O) groups excluding carboxylic acids is 1. The molecule has 0 radical (unpaired) electrons. The molecule has 3 rings (SSSR count). The zero-order chi connectivity index (χ0) is 15.2. The van der Waals surface area contributed by atoms with Crippen LogP contribution in [0.2, 0.25) is 0 Å². The van der Waals surface area contributed by atoms with Crippen molar-refractivity contribution < 1.29 is 4.79 Å². The molecule has 1 amide bonds. The van der Waals surface area contributed by atoms with E-state index in [0.717, 1.165) is 25.8 Å². The standard InChI is InChI=1S/C12H23N5O.C3H8/c1-13-8-2-3-9(6-8)14-12(18)11-7-17(16-15-11)10-4-5-10;1-3-2/h8-11,13,15-16H,2-7H2,1H3,(H,14,18);3H2,1-2H3. The van der Waals surface area contributed by atoms with Gasteiger partial charge in [0.25, 0.3) is 0 Å². The first-order chi connectivity index (χ1) is 10.2. The van der Waals surface area contributed by atoms with E-state index in [4.69, 9.17) is 0 Å². The van der Waals surface area contributed by atoms with Crippen LogP contribution in [-0.2, 0) is 4.79 Å². The van der Waals surface area contributed by atoms with Gasteiger partial charge in [0.2, 0.25) is 5.91 Å². The Bertz CT molecular complexity index is 334. The third kappa shape index (κ3) is 4.92. The molecule has 0 bridgehead atoms. The summed E-state index contributed by atoms with van der Waals surface area (Å²) in [4.78, 5) is 12.1. The Hall–Kier alpha value is -0.690. The highest BCUT2D eigenvalue weighted by atomic mass is 16.2. The zero-order valence-corrected chi connectivity index (χ0v) is 13.6. The summed E-state index contributed by atoms with van der Waals surface area (Å²) in [5.74, 6) is 0.132. The summed E-state index contributed by atoms with van der Waals surface area (Å²) in [7, 11) is 1.99. The first-order valence-corrected chi connectivity index (χ1v) is 8.43. The molecule has 6 heteroatoms. The van der Waals surface area contributed by atoms with Crippen molar-refractivity contribution >= 4 is 5.91 Å². The Kier molecular flexibility index (Phi) is 6.41. The molecule has 1 heterocycles. The van der Waals surface area contributed by atoms with Gasteiger partial charge in [-0.25, -0.2) is 10.4 Å². The van der Waals surface area contributed by atoms with Gasteiger partial charge in [-0.15, -0.1) is 0 Å². The predicted molar refractivity (Wildman–Crippen MR) is 84.4 cm³/mol. The number of amides is 1. The van der Waals surface area contributed by atoms with Crippen LogP contribution in [-0.4, -0.2) is 48.7 Å². The molecule has 3 atom stereocenters. The fraction of sp³-hybridized carbons (Fsp3) is 0.933. The summed E-state index contributed by atoms with van der Waals surface area (Å²) in [6.45, 7) is 5.03. The summed E-state index contributed by atoms with van der Waals surface area (Å²) < 4.78 is 0. The molecule has 2 saturated carbocycles. The van der Waals surface area contributed by atoms with Gasteiger partial charge in [-0.05, 0) is 39.2 Å². The van der Waals surface area contributed by atoms with Gasteiger partial charge in [0.1, 0.15) is 6.04 Å². The minimum absolute atomic E-state index is 0.112. The van der Waals surface area contributed by atoms with Crippen molar-refractivity contribution in [3.8, 4) is 0 Å². The second kappa shape index (κ2) is 8.08. The van der Waals surface area contributed by atoms with E-state index in [2.05, 4.69) is 40.5 Å². The van der Waals surface area contributed by atoms with E-state index in [1.54, 1.807) is 0 Å². The minimum atomic E-state index is -0.112. The van der Waals surface area contributed by atoms with Crippen LogP contribution in [0.15, 0.2) is 0 Å². The van der Waals surface area contributed by atoms with Crippen LogP contribution in [0.3, 0.4) is 0 Å². The molecule has 1 aliphatic heterocycles. The van der Waals surface area contributed by atoms with Crippen LogP contribution in [0.4, 0.5) is 0 Å². The molecule has 2 aliphatic carbocycles. The molecule has 3 unspecified atom stereocenters. The molecule has 3 aliphatic rings. The Morgan fingerprint density at radius 3 is 2.43 bits per heavy atom. The number of hydrogen-bond donors (Lipinski definition) is 4. The maximum atomic E-state index is 12.1. The highest BCUT2D eigenvalue weighted by molar-refractivity contribution is 5.82. The molecule has 3 fully saturated rings. The summed E-state index contributed by atoms with van der Waals surface area (Å²) >= 11 is 0. The Balaban J connectivity index is 0.000000497. The zero-order valence-electron chi connectivity index (χ0n) is 13.6. The van der Waals surface area contributed by atoms with E-state index in [-0.39, 0.29) is 11.9 Å². The van der Waals surface area contributed by atoms with Gasteiger partial charge in [0.15, 0.2) is 0 Å². The largest absolute Gasteiger partial charge is 0.352 e. The molecular weight excluding hydrogens is 266 g/mol. The van der Waals surface area contributed by atoms with Gasteiger partial charge >= 0.3 is 0 Å². The maximum absolute atomic E-state index is 12.1. The number of nitrogens with one attached hydrogen (secondary N) is 4. The highest BCUT2D eigenvalue weighted by Gasteiger charge is 2.37. The number of hydrazine groups is 2. The first kappa shape index (κ1) is 16.7. The molecule has 21 heavy (non-hydrogen) atoms. The van der Waals surface area contributed by atoms with Crippen LogP contribution < -0.4 is 21.6 Å². The highest BCUT2D eigenvalue weighted by Crippen LogP contribution is 2.26. The van der Waals surface area contributed by atoms with E-state index in [1.807, 2.05) is 7.05 Å². The second-order valence-corrected chi connectivity index (χ2v) is 6.40. The third-order valence-electron chi connectivity index (χ3n) is 4.25. The normalized spacial score (nSPS) is 32.6. The molecule has 0 spiro atoms. The molecule has 6 nitrogen and oxygen atoms in total. The van der Waals surface area contributed by atoms with Crippen LogP contribution in [0.25, 0.3) is 0 Å². The summed E-state index contributed by atoms with van der Waals surface area (Å²) in [6, 6.07) is 1.43. The van der Waals surface area contributed by atoms with E-state index in [1.165, 1.54) is 19.3 Å². The number of nitrogens with zero attached hydrogens (tertiary/aromatic N) is 1. The Morgan fingerprint density at radius 2 is 1.86 bits per heavy atom. The fourth-order valence-corrected chi connectivity index (χ4v) is 2.90.